The van der Waals surface area contributed by atoms with Gasteiger partial charge in [0.15, 0.2) is 5.82 Å². The Labute approximate surface area is 276 Å². The second kappa shape index (κ2) is 11.0. The van der Waals surface area contributed by atoms with E-state index < -0.39 is 0 Å². The summed E-state index contributed by atoms with van der Waals surface area (Å²) >= 11 is 0. The van der Waals surface area contributed by atoms with Crippen molar-refractivity contribution in [2.45, 2.75) is 0 Å². The first-order chi connectivity index (χ1) is 23.6. The first-order valence-corrected chi connectivity index (χ1v) is 15.9. The summed E-state index contributed by atoms with van der Waals surface area (Å²) in [6, 6.07) is 49.0. The van der Waals surface area contributed by atoms with Crippen molar-refractivity contribution in [1.82, 2.24) is 15.0 Å². The molecule has 5 heteroatoms. The summed E-state index contributed by atoms with van der Waals surface area (Å²) in [5, 5.41) is 24.1. The molecule has 0 fully saturated rings. The molecule has 224 valence electrons. The van der Waals surface area contributed by atoms with Gasteiger partial charge >= 0.3 is 0 Å². The van der Waals surface area contributed by atoms with E-state index in [-0.39, 0.29) is 11.4 Å². The maximum Gasteiger partial charge on any atom is 0.160 e. The molecule has 0 saturated heterocycles. The van der Waals surface area contributed by atoms with Crippen molar-refractivity contribution in [3.63, 3.8) is 0 Å². The van der Waals surface area contributed by atoms with Gasteiger partial charge in [-0.25, -0.2) is 15.0 Å². The molecule has 8 aromatic rings. The number of rotatable bonds is 4. The van der Waals surface area contributed by atoms with Crippen LogP contribution in [0.1, 0.15) is 16.8 Å². The molecule has 5 nitrogen and oxygen atoms in total. The Morgan fingerprint density at radius 3 is 1.79 bits per heavy atom. The van der Waals surface area contributed by atoms with Gasteiger partial charge in [0.2, 0.25) is 0 Å². The van der Waals surface area contributed by atoms with Gasteiger partial charge in [-0.3, -0.25) is 10.8 Å². The highest BCUT2D eigenvalue weighted by molar-refractivity contribution is 6.64. The summed E-state index contributed by atoms with van der Waals surface area (Å²) in [5.74, 6) is 0.562. The fourth-order valence-corrected chi connectivity index (χ4v) is 6.67. The van der Waals surface area contributed by atoms with E-state index >= 15 is 0 Å². The van der Waals surface area contributed by atoms with Crippen LogP contribution in [-0.4, -0.2) is 26.4 Å². The molecule has 0 aliphatic heterocycles. The van der Waals surface area contributed by atoms with Crippen LogP contribution in [0.2, 0.25) is 0 Å². The maximum atomic E-state index is 9.38. The molecule has 0 spiro atoms. The zero-order valence-corrected chi connectivity index (χ0v) is 25.8. The van der Waals surface area contributed by atoms with Crippen LogP contribution in [0.4, 0.5) is 0 Å². The zero-order valence-electron chi connectivity index (χ0n) is 25.8. The topological polar surface area (TPSA) is 86.4 Å². The molecule has 2 heterocycles. The van der Waals surface area contributed by atoms with E-state index in [1.54, 1.807) is 0 Å². The first kappa shape index (κ1) is 27.7. The van der Waals surface area contributed by atoms with Crippen molar-refractivity contribution >= 4 is 55.5 Å². The van der Waals surface area contributed by atoms with E-state index in [0.717, 1.165) is 66.1 Å². The van der Waals surface area contributed by atoms with Crippen molar-refractivity contribution < 1.29 is 0 Å². The summed E-state index contributed by atoms with van der Waals surface area (Å²) < 4.78 is 0. The SMILES string of the molecule is N=C1C(=N)c2c(c(-c3ccccc3)nc3ccccc23)C=C1c1cc(-c2ccc3ccccc3c2)nc(-c2ccc3ccccc3c2)n1. The Morgan fingerprint density at radius 1 is 0.438 bits per heavy atom. The summed E-state index contributed by atoms with van der Waals surface area (Å²) in [6.07, 6.45) is 1.99. The third kappa shape index (κ3) is 4.60. The number of pyridine rings is 1. The van der Waals surface area contributed by atoms with Crippen LogP contribution in [0.25, 0.3) is 78.0 Å². The smallest absolute Gasteiger partial charge is 0.160 e. The molecule has 0 atom stereocenters. The molecular formula is C43H27N5. The van der Waals surface area contributed by atoms with Crippen LogP contribution < -0.4 is 0 Å². The van der Waals surface area contributed by atoms with Gasteiger partial charge in [-0.1, -0.05) is 121 Å². The molecular weight excluding hydrogens is 587 g/mol. The number of aromatic nitrogens is 3. The number of nitrogens with zero attached hydrogens (tertiary/aromatic N) is 3. The molecule has 1 aliphatic rings. The number of allylic oxidation sites excluding steroid dienone is 1. The third-order valence-corrected chi connectivity index (χ3v) is 9.09. The van der Waals surface area contributed by atoms with Crippen molar-refractivity contribution in [1.29, 1.82) is 10.8 Å². The van der Waals surface area contributed by atoms with Gasteiger partial charge in [0.1, 0.15) is 0 Å². The van der Waals surface area contributed by atoms with E-state index in [2.05, 4.69) is 54.6 Å². The Hall–Kier alpha value is -6.59. The van der Waals surface area contributed by atoms with Gasteiger partial charge in [-0.15, -0.1) is 0 Å². The lowest BCUT2D eigenvalue weighted by molar-refractivity contribution is 1.16. The highest BCUT2D eigenvalue weighted by atomic mass is 14.9. The second-order valence-electron chi connectivity index (χ2n) is 12.0. The number of hydrogen-bond donors (Lipinski definition) is 2. The standard InChI is InChI=1S/C43H27N5/c44-40-34(24-35-39(41(40)45)33-16-8-9-17-36(33)46-42(35)28-12-2-1-3-13-28)38-25-37(31-20-18-26-10-4-6-14-29(26)22-31)47-43(48-38)32-21-19-27-11-5-7-15-30(27)23-32/h1-25,44-45H. The summed E-state index contributed by atoms with van der Waals surface area (Å²) in [5.41, 5.74) is 8.05. The number of hydrogen-bond acceptors (Lipinski definition) is 5. The summed E-state index contributed by atoms with van der Waals surface area (Å²) in [7, 11) is 0. The molecule has 0 unspecified atom stereocenters. The molecule has 48 heavy (non-hydrogen) atoms. The Balaban J connectivity index is 1.30. The number of fused-ring (bicyclic) bond motifs is 5. The van der Waals surface area contributed by atoms with E-state index in [1.165, 1.54) is 0 Å². The third-order valence-electron chi connectivity index (χ3n) is 9.09. The minimum atomic E-state index is 0.116. The van der Waals surface area contributed by atoms with Crippen molar-refractivity contribution in [3.05, 3.63) is 162 Å². The Morgan fingerprint density at radius 2 is 1.04 bits per heavy atom. The average Bonchev–Trinajstić information content (AvgIpc) is 3.15. The lowest BCUT2D eigenvalue weighted by Gasteiger charge is -2.23. The van der Waals surface area contributed by atoms with Crippen LogP contribution in [0.15, 0.2) is 146 Å². The van der Waals surface area contributed by atoms with Crippen LogP contribution >= 0.6 is 0 Å². The molecule has 6 aromatic carbocycles. The molecule has 2 aromatic heterocycles. The lowest BCUT2D eigenvalue weighted by atomic mass is 9.83. The van der Waals surface area contributed by atoms with Gasteiger partial charge in [0, 0.05) is 38.8 Å². The molecule has 0 radical (unpaired) electrons. The molecule has 9 rings (SSSR count). The zero-order chi connectivity index (χ0) is 32.2. The molecule has 1 aliphatic carbocycles. The van der Waals surface area contributed by atoms with Crippen molar-refractivity contribution in [2.24, 2.45) is 0 Å². The van der Waals surface area contributed by atoms with E-state index in [0.29, 0.717) is 22.7 Å². The fraction of sp³-hybridized carbons (Fsp3) is 0. The van der Waals surface area contributed by atoms with Crippen LogP contribution in [0.3, 0.4) is 0 Å². The van der Waals surface area contributed by atoms with Gasteiger partial charge in [0.05, 0.1) is 34.0 Å². The summed E-state index contributed by atoms with van der Waals surface area (Å²) in [6.45, 7) is 0. The van der Waals surface area contributed by atoms with Crippen molar-refractivity contribution in [3.8, 4) is 33.9 Å². The highest BCUT2D eigenvalue weighted by Crippen LogP contribution is 2.38. The van der Waals surface area contributed by atoms with Crippen LogP contribution in [-0.2, 0) is 0 Å². The monoisotopic (exact) mass is 613 g/mol. The minimum Gasteiger partial charge on any atom is -0.298 e. The molecule has 2 N–H and O–H groups in total. The van der Waals surface area contributed by atoms with Gasteiger partial charge in [-0.2, -0.15) is 0 Å². The van der Waals surface area contributed by atoms with Gasteiger partial charge < -0.3 is 0 Å². The van der Waals surface area contributed by atoms with E-state index in [9.17, 15) is 10.8 Å². The molecule has 0 saturated carbocycles. The molecule has 0 bridgehead atoms. The first-order valence-electron chi connectivity index (χ1n) is 15.9. The van der Waals surface area contributed by atoms with Gasteiger partial charge in [-0.05, 0) is 51.9 Å². The van der Waals surface area contributed by atoms with Gasteiger partial charge in [0.25, 0.3) is 0 Å². The second-order valence-corrected chi connectivity index (χ2v) is 12.0. The Kier molecular flexibility index (Phi) is 6.37. The largest absolute Gasteiger partial charge is 0.298 e. The highest BCUT2D eigenvalue weighted by Gasteiger charge is 2.29. The molecule has 0 amide bonds. The normalized spacial score (nSPS) is 12.8. The minimum absolute atomic E-state index is 0.116. The predicted octanol–water partition coefficient (Wildman–Crippen LogP) is 10.3. The number of benzene rings is 6. The van der Waals surface area contributed by atoms with Crippen LogP contribution in [0.5, 0.6) is 0 Å². The predicted molar refractivity (Wildman–Crippen MR) is 198 cm³/mol. The average molecular weight is 614 g/mol. The quantitative estimate of drug-likeness (QED) is 0.207. The van der Waals surface area contributed by atoms with E-state index in [1.807, 2.05) is 97.1 Å². The van der Waals surface area contributed by atoms with Crippen molar-refractivity contribution in [2.75, 3.05) is 0 Å². The Bertz CT molecular complexity index is 2560. The maximum absolute atomic E-state index is 9.38. The number of para-hydroxylation sites is 1. The summed E-state index contributed by atoms with van der Waals surface area (Å²) in [4.78, 5) is 15.3. The lowest BCUT2D eigenvalue weighted by Crippen LogP contribution is -2.22. The fourth-order valence-electron chi connectivity index (χ4n) is 6.67. The van der Waals surface area contributed by atoms with Crippen LogP contribution in [0, 0.1) is 10.8 Å². The van der Waals surface area contributed by atoms with E-state index in [4.69, 9.17) is 15.0 Å². The number of nitrogens with one attached hydrogen (secondary N) is 2.